The maximum Gasteiger partial charge on any atom is 0.126 e. The van der Waals surface area contributed by atoms with E-state index in [9.17, 15) is 8.78 Å². The third-order valence-corrected chi connectivity index (χ3v) is 5.75. The van der Waals surface area contributed by atoms with Gasteiger partial charge < -0.3 is 19.9 Å². The van der Waals surface area contributed by atoms with Gasteiger partial charge in [-0.15, -0.1) is 0 Å². The first-order valence-electron chi connectivity index (χ1n) is 11.3. The van der Waals surface area contributed by atoms with Crippen molar-refractivity contribution >= 4 is 0 Å². The minimum absolute atomic E-state index is 0.268. The SMILES string of the molecule is C=C(NCc1ccc(OCC(C)C)cc1)N(Cc1cc(F)cc(F)c1)C1CCN(C)CC1. The van der Waals surface area contributed by atoms with Crippen molar-refractivity contribution in [1.82, 2.24) is 15.1 Å². The van der Waals surface area contributed by atoms with Gasteiger partial charge in [0.15, 0.2) is 0 Å². The van der Waals surface area contributed by atoms with Crippen LogP contribution >= 0.6 is 0 Å². The van der Waals surface area contributed by atoms with E-state index in [-0.39, 0.29) is 6.04 Å². The molecule has 1 aliphatic heterocycles. The zero-order valence-corrected chi connectivity index (χ0v) is 19.4. The first-order chi connectivity index (χ1) is 15.3. The summed E-state index contributed by atoms with van der Waals surface area (Å²) < 4.78 is 33.3. The molecule has 0 amide bonds. The Kier molecular flexibility index (Phi) is 8.51. The van der Waals surface area contributed by atoms with Crippen molar-refractivity contribution in [3.05, 3.63) is 77.6 Å². The van der Waals surface area contributed by atoms with Crippen LogP contribution in [-0.2, 0) is 13.1 Å². The Morgan fingerprint density at radius 1 is 1.09 bits per heavy atom. The number of nitrogens with zero attached hydrogens (tertiary/aromatic N) is 2. The molecule has 0 radical (unpaired) electrons. The Balaban J connectivity index is 1.65. The van der Waals surface area contributed by atoms with Gasteiger partial charge in [0.2, 0.25) is 0 Å². The van der Waals surface area contributed by atoms with Gasteiger partial charge in [0.25, 0.3) is 0 Å². The molecule has 0 spiro atoms. The Labute approximate surface area is 190 Å². The predicted molar refractivity (Wildman–Crippen MR) is 125 cm³/mol. The number of hydrogen-bond acceptors (Lipinski definition) is 4. The van der Waals surface area contributed by atoms with E-state index in [1.54, 1.807) is 0 Å². The Bertz CT molecular complexity index is 857. The quantitative estimate of drug-likeness (QED) is 0.549. The fourth-order valence-corrected chi connectivity index (χ4v) is 3.92. The molecule has 4 nitrogen and oxygen atoms in total. The third-order valence-electron chi connectivity index (χ3n) is 5.75. The Hall–Kier alpha value is -2.60. The molecular weight excluding hydrogens is 408 g/mol. The lowest BCUT2D eigenvalue weighted by molar-refractivity contribution is 0.137. The summed E-state index contributed by atoms with van der Waals surface area (Å²) in [6.45, 7) is 12.2. The molecule has 3 rings (SSSR count). The monoisotopic (exact) mass is 443 g/mol. The summed E-state index contributed by atoms with van der Waals surface area (Å²) in [4.78, 5) is 4.46. The van der Waals surface area contributed by atoms with Crippen molar-refractivity contribution in [3.8, 4) is 5.75 Å². The summed E-state index contributed by atoms with van der Waals surface area (Å²) >= 11 is 0. The van der Waals surface area contributed by atoms with E-state index in [0.717, 1.165) is 49.1 Å². The van der Waals surface area contributed by atoms with Crippen LogP contribution in [0, 0.1) is 17.6 Å². The first-order valence-corrected chi connectivity index (χ1v) is 11.3. The van der Waals surface area contributed by atoms with Crippen LogP contribution in [-0.4, -0.2) is 42.6 Å². The first kappa shape index (κ1) is 24.1. The number of likely N-dealkylation sites (tertiary alicyclic amines) is 1. The number of piperidine rings is 1. The molecule has 0 unspecified atom stereocenters. The van der Waals surface area contributed by atoms with Gasteiger partial charge in [-0.3, -0.25) is 0 Å². The van der Waals surface area contributed by atoms with Crippen molar-refractivity contribution in [1.29, 1.82) is 0 Å². The zero-order valence-electron chi connectivity index (χ0n) is 19.4. The van der Waals surface area contributed by atoms with Crippen LogP contribution in [0.4, 0.5) is 8.78 Å². The average molecular weight is 444 g/mol. The highest BCUT2D eigenvalue weighted by Gasteiger charge is 2.24. The molecule has 1 heterocycles. The van der Waals surface area contributed by atoms with Crippen molar-refractivity contribution in [2.45, 2.75) is 45.8 Å². The van der Waals surface area contributed by atoms with Crippen molar-refractivity contribution in [2.75, 3.05) is 26.7 Å². The highest BCUT2D eigenvalue weighted by atomic mass is 19.1. The molecule has 0 bridgehead atoms. The molecule has 1 N–H and O–H groups in total. The summed E-state index contributed by atoms with van der Waals surface area (Å²) in [6.07, 6.45) is 1.97. The molecule has 0 saturated carbocycles. The number of hydrogen-bond donors (Lipinski definition) is 1. The molecule has 0 aliphatic carbocycles. The Morgan fingerprint density at radius 2 is 1.72 bits per heavy atom. The van der Waals surface area contributed by atoms with Crippen LogP contribution in [0.5, 0.6) is 5.75 Å². The molecule has 6 heteroatoms. The molecule has 0 aromatic heterocycles. The van der Waals surface area contributed by atoms with E-state index >= 15 is 0 Å². The molecule has 1 aliphatic rings. The largest absolute Gasteiger partial charge is 0.493 e. The lowest BCUT2D eigenvalue weighted by atomic mass is 10.0. The van der Waals surface area contributed by atoms with Gasteiger partial charge >= 0.3 is 0 Å². The summed E-state index contributed by atoms with van der Waals surface area (Å²) in [5, 5.41) is 3.42. The van der Waals surface area contributed by atoms with Crippen molar-refractivity contribution in [2.24, 2.45) is 5.92 Å². The molecule has 2 aromatic carbocycles. The fraction of sp³-hybridized carbons (Fsp3) is 0.462. The normalized spacial score (nSPS) is 15.1. The van der Waals surface area contributed by atoms with Crippen molar-refractivity contribution in [3.63, 3.8) is 0 Å². The third kappa shape index (κ3) is 7.23. The number of halogens is 2. The Morgan fingerprint density at radius 3 is 2.31 bits per heavy atom. The van der Waals surface area contributed by atoms with E-state index < -0.39 is 11.6 Å². The molecule has 2 aromatic rings. The van der Waals surface area contributed by atoms with Crippen LogP contribution in [0.25, 0.3) is 0 Å². The minimum atomic E-state index is -0.554. The van der Waals surface area contributed by atoms with E-state index in [4.69, 9.17) is 4.74 Å². The smallest absolute Gasteiger partial charge is 0.126 e. The second-order valence-corrected chi connectivity index (χ2v) is 9.09. The van der Waals surface area contributed by atoms with Gasteiger partial charge in [0.05, 0.1) is 12.4 Å². The number of nitrogens with one attached hydrogen (secondary N) is 1. The number of rotatable bonds is 10. The van der Waals surface area contributed by atoms with Crippen LogP contribution < -0.4 is 10.1 Å². The zero-order chi connectivity index (χ0) is 23.1. The van der Waals surface area contributed by atoms with Crippen molar-refractivity contribution < 1.29 is 13.5 Å². The molecule has 174 valence electrons. The van der Waals surface area contributed by atoms with Gasteiger partial charge in [-0.1, -0.05) is 32.6 Å². The molecular formula is C26H35F2N3O. The second kappa shape index (κ2) is 11.3. The summed E-state index contributed by atoms with van der Waals surface area (Å²) in [5.74, 6) is 1.01. The highest BCUT2D eigenvalue weighted by molar-refractivity contribution is 5.27. The molecule has 0 atom stereocenters. The fourth-order valence-electron chi connectivity index (χ4n) is 3.92. The maximum atomic E-state index is 13.8. The van der Waals surface area contributed by atoms with Crippen LogP contribution in [0.15, 0.2) is 54.9 Å². The van der Waals surface area contributed by atoms with Crippen LogP contribution in [0.3, 0.4) is 0 Å². The maximum absolute atomic E-state index is 13.8. The summed E-state index contributed by atoms with van der Waals surface area (Å²) in [6, 6.07) is 12.0. The average Bonchev–Trinajstić information content (AvgIpc) is 2.75. The lowest BCUT2D eigenvalue weighted by Gasteiger charge is -2.40. The van der Waals surface area contributed by atoms with E-state index in [2.05, 4.69) is 42.6 Å². The van der Waals surface area contributed by atoms with Gasteiger partial charge in [-0.05, 0) is 74.3 Å². The van der Waals surface area contributed by atoms with E-state index in [1.807, 2.05) is 24.3 Å². The second-order valence-electron chi connectivity index (χ2n) is 9.09. The van der Waals surface area contributed by atoms with Gasteiger partial charge in [0, 0.05) is 25.2 Å². The minimum Gasteiger partial charge on any atom is -0.493 e. The molecule has 1 fully saturated rings. The standard InChI is InChI=1S/C26H35F2N3O/c1-19(2)18-32-26-7-5-21(6-8-26)16-29-20(3)31(25-9-11-30(4)12-10-25)17-22-13-23(27)15-24(28)14-22/h5-8,13-15,19,25,29H,3,9-12,16-18H2,1-2,4H3. The highest BCUT2D eigenvalue weighted by Crippen LogP contribution is 2.22. The van der Waals surface area contributed by atoms with Gasteiger partial charge in [-0.25, -0.2) is 8.78 Å². The molecule has 32 heavy (non-hydrogen) atoms. The number of ether oxygens (including phenoxy) is 1. The summed E-state index contributed by atoms with van der Waals surface area (Å²) in [7, 11) is 2.12. The predicted octanol–water partition coefficient (Wildman–Crippen LogP) is 5.16. The van der Waals surface area contributed by atoms with Gasteiger partial charge in [0.1, 0.15) is 17.4 Å². The van der Waals surface area contributed by atoms with Gasteiger partial charge in [-0.2, -0.15) is 0 Å². The number of benzene rings is 2. The van der Waals surface area contributed by atoms with Crippen LogP contribution in [0.1, 0.15) is 37.8 Å². The topological polar surface area (TPSA) is 27.7 Å². The lowest BCUT2D eigenvalue weighted by Crippen LogP contribution is -2.45. The van der Waals surface area contributed by atoms with E-state index in [0.29, 0.717) is 31.2 Å². The van der Waals surface area contributed by atoms with E-state index in [1.165, 1.54) is 12.1 Å². The molecule has 1 saturated heterocycles. The summed E-state index contributed by atoms with van der Waals surface area (Å²) in [5.41, 5.74) is 1.72. The van der Waals surface area contributed by atoms with Crippen LogP contribution in [0.2, 0.25) is 0 Å².